The van der Waals surface area contributed by atoms with Gasteiger partial charge in [-0.05, 0) is 56.5 Å². The van der Waals surface area contributed by atoms with Gasteiger partial charge in [0.15, 0.2) is 0 Å². The van der Waals surface area contributed by atoms with Gasteiger partial charge in [0, 0.05) is 34.0 Å². The van der Waals surface area contributed by atoms with E-state index in [2.05, 4.69) is 15.0 Å². The highest BCUT2D eigenvalue weighted by Crippen LogP contribution is 2.24. The summed E-state index contributed by atoms with van der Waals surface area (Å²) in [6.45, 7) is 8.21. The first-order chi connectivity index (χ1) is 15.3. The fourth-order valence-electron chi connectivity index (χ4n) is 4.14. The maximum Gasteiger partial charge on any atom is 0.276 e. The van der Waals surface area contributed by atoms with Crippen LogP contribution in [0.1, 0.15) is 28.1 Å². The first-order valence-corrected chi connectivity index (χ1v) is 10.8. The summed E-state index contributed by atoms with van der Waals surface area (Å²) in [7, 11) is 0. The molecule has 0 spiro atoms. The van der Waals surface area contributed by atoms with Crippen LogP contribution in [0, 0.1) is 27.7 Å². The van der Waals surface area contributed by atoms with Crippen molar-refractivity contribution in [3.63, 3.8) is 0 Å². The lowest BCUT2D eigenvalue weighted by Crippen LogP contribution is -2.30. The van der Waals surface area contributed by atoms with E-state index in [1.165, 1.54) is 4.68 Å². The Labute approximate surface area is 191 Å². The number of amides is 1. The molecule has 0 aliphatic carbocycles. The first-order valence-electron chi connectivity index (χ1n) is 10.4. The highest BCUT2D eigenvalue weighted by Gasteiger charge is 2.18. The summed E-state index contributed by atoms with van der Waals surface area (Å²) < 4.78 is 3.31. The minimum absolute atomic E-state index is 0.152. The summed E-state index contributed by atoms with van der Waals surface area (Å²) in [4.78, 5) is 25.9. The van der Waals surface area contributed by atoms with Gasteiger partial charge in [-0.3, -0.25) is 9.59 Å². The fraction of sp³-hybridized carbons (Fsp3) is 0.240. The lowest BCUT2D eigenvalue weighted by atomic mass is 10.1. The van der Waals surface area contributed by atoms with Crippen LogP contribution in [0.5, 0.6) is 0 Å². The molecule has 32 heavy (non-hydrogen) atoms. The van der Waals surface area contributed by atoms with Crippen molar-refractivity contribution in [2.75, 3.05) is 5.32 Å². The highest BCUT2D eigenvalue weighted by molar-refractivity contribution is 6.30. The molecule has 6 nitrogen and oxygen atoms in total. The number of para-hydroxylation sites is 1. The normalized spacial score (nSPS) is 11.2. The summed E-state index contributed by atoms with van der Waals surface area (Å²) in [6.07, 6.45) is 1.67. The lowest BCUT2D eigenvalue weighted by Gasteiger charge is -2.12. The predicted molar refractivity (Wildman–Crippen MR) is 129 cm³/mol. The molecule has 0 fully saturated rings. The van der Waals surface area contributed by atoms with E-state index in [9.17, 15) is 9.59 Å². The first kappa shape index (κ1) is 21.8. The number of benzene rings is 2. The summed E-state index contributed by atoms with van der Waals surface area (Å²) >= 11 is 6.13. The number of nitrogens with one attached hydrogen (secondary N) is 1. The van der Waals surface area contributed by atoms with E-state index in [-0.39, 0.29) is 18.0 Å². The number of hydrogen-bond donors (Lipinski definition) is 1. The van der Waals surface area contributed by atoms with Gasteiger partial charge < -0.3 is 9.88 Å². The number of aryl methyl sites for hydroxylation is 4. The van der Waals surface area contributed by atoms with Crippen molar-refractivity contribution in [2.24, 2.45) is 0 Å². The van der Waals surface area contributed by atoms with Crippen LogP contribution in [0.4, 0.5) is 5.69 Å². The van der Waals surface area contributed by atoms with Gasteiger partial charge in [-0.2, -0.15) is 5.10 Å². The van der Waals surface area contributed by atoms with Crippen LogP contribution in [0.15, 0.2) is 53.5 Å². The Balaban J connectivity index is 1.66. The second-order valence-corrected chi connectivity index (χ2v) is 8.53. The monoisotopic (exact) mass is 448 g/mol. The SMILES string of the molecule is Cc1cccc(C)c1NC(=O)Cn1ncc2c(C)n(Cc3cccc(Cl)c3)c(C)c2c1=O. The van der Waals surface area contributed by atoms with Gasteiger partial charge in [0.1, 0.15) is 6.54 Å². The number of fused-ring (bicyclic) bond motifs is 1. The molecule has 0 aliphatic rings. The molecule has 1 amide bonds. The maximum absolute atomic E-state index is 13.2. The number of aromatic nitrogens is 3. The number of halogens is 1. The molecule has 0 saturated heterocycles. The molecule has 4 aromatic rings. The second-order valence-electron chi connectivity index (χ2n) is 8.10. The molecule has 4 rings (SSSR count). The average Bonchev–Trinajstić information content (AvgIpc) is 2.98. The Morgan fingerprint density at radius 3 is 2.41 bits per heavy atom. The van der Waals surface area contributed by atoms with Gasteiger partial charge in [-0.15, -0.1) is 0 Å². The molecule has 0 saturated carbocycles. The quantitative estimate of drug-likeness (QED) is 0.478. The van der Waals surface area contributed by atoms with Gasteiger partial charge in [-0.25, -0.2) is 4.68 Å². The Hall–Kier alpha value is -3.38. The molecule has 1 N–H and O–H groups in total. The van der Waals surface area contributed by atoms with Crippen LogP contribution in [0.2, 0.25) is 5.02 Å². The largest absolute Gasteiger partial charge is 0.343 e. The molecule has 0 atom stereocenters. The zero-order valence-electron chi connectivity index (χ0n) is 18.6. The Kier molecular flexibility index (Phi) is 5.89. The van der Waals surface area contributed by atoms with E-state index < -0.39 is 0 Å². The maximum atomic E-state index is 13.2. The summed E-state index contributed by atoms with van der Waals surface area (Å²) in [5.74, 6) is -0.288. The zero-order valence-corrected chi connectivity index (χ0v) is 19.3. The van der Waals surface area contributed by atoms with Gasteiger partial charge in [0.2, 0.25) is 5.91 Å². The topological polar surface area (TPSA) is 68.9 Å². The van der Waals surface area contributed by atoms with Crippen molar-refractivity contribution in [1.29, 1.82) is 0 Å². The van der Waals surface area contributed by atoms with Crippen LogP contribution in [-0.2, 0) is 17.9 Å². The summed E-state index contributed by atoms with van der Waals surface area (Å²) in [5.41, 5.74) is 5.28. The van der Waals surface area contributed by atoms with Crippen LogP contribution in [0.3, 0.4) is 0 Å². The molecule has 7 heteroatoms. The molecule has 2 aromatic heterocycles. The Morgan fingerprint density at radius 2 is 1.72 bits per heavy atom. The molecule has 2 heterocycles. The molecule has 164 valence electrons. The van der Waals surface area contributed by atoms with E-state index in [1.54, 1.807) is 6.20 Å². The van der Waals surface area contributed by atoms with E-state index in [1.807, 2.05) is 70.2 Å². The molecule has 0 aliphatic heterocycles. The lowest BCUT2D eigenvalue weighted by molar-refractivity contribution is -0.117. The number of rotatable bonds is 5. The predicted octanol–water partition coefficient (Wildman–Crippen LogP) is 4.77. The third-order valence-electron chi connectivity index (χ3n) is 5.87. The van der Waals surface area contributed by atoms with E-state index in [0.717, 1.165) is 39.2 Å². The highest BCUT2D eigenvalue weighted by atomic mass is 35.5. The van der Waals surface area contributed by atoms with E-state index >= 15 is 0 Å². The van der Waals surface area contributed by atoms with Crippen LogP contribution in [-0.4, -0.2) is 20.3 Å². The minimum Gasteiger partial charge on any atom is -0.343 e. The Morgan fingerprint density at radius 1 is 1.03 bits per heavy atom. The van der Waals surface area contributed by atoms with Crippen LogP contribution < -0.4 is 10.9 Å². The molecule has 0 unspecified atom stereocenters. The fourth-order valence-corrected chi connectivity index (χ4v) is 4.35. The third-order valence-corrected chi connectivity index (χ3v) is 6.11. The Bertz CT molecular complexity index is 1380. The second kappa shape index (κ2) is 8.63. The number of carbonyl (C=O) groups is 1. The van der Waals surface area contributed by atoms with Gasteiger partial charge in [0.05, 0.1) is 11.6 Å². The third kappa shape index (κ3) is 4.06. The van der Waals surface area contributed by atoms with Crippen molar-refractivity contribution < 1.29 is 4.79 Å². The number of nitrogens with zero attached hydrogens (tertiary/aromatic N) is 3. The van der Waals surface area contributed by atoms with E-state index in [0.29, 0.717) is 17.0 Å². The van der Waals surface area contributed by atoms with Crippen LogP contribution >= 0.6 is 11.6 Å². The number of hydrogen-bond acceptors (Lipinski definition) is 3. The van der Waals surface area contributed by atoms with Crippen molar-refractivity contribution in [3.05, 3.63) is 92.1 Å². The van der Waals surface area contributed by atoms with E-state index in [4.69, 9.17) is 11.6 Å². The number of carbonyl (C=O) groups excluding carboxylic acids is 1. The van der Waals surface area contributed by atoms with Crippen molar-refractivity contribution in [2.45, 2.75) is 40.8 Å². The minimum atomic E-state index is -0.288. The zero-order chi connectivity index (χ0) is 23.0. The van der Waals surface area contributed by atoms with Crippen LogP contribution in [0.25, 0.3) is 10.8 Å². The smallest absolute Gasteiger partial charge is 0.276 e. The molecular weight excluding hydrogens is 424 g/mol. The number of anilines is 1. The van der Waals surface area contributed by atoms with Gasteiger partial charge >= 0.3 is 0 Å². The molecule has 0 radical (unpaired) electrons. The summed E-state index contributed by atoms with van der Waals surface area (Å²) in [5, 5.41) is 9.24. The van der Waals surface area contributed by atoms with Crippen molar-refractivity contribution >= 4 is 34.0 Å². The standard InChI is InChI=1S/C25H25ClN4O2/c1-15-7-5-8-16(2)24(15)28-22(31)14-30-25(32)23-18(4)29(17(3)21(23)12-27-30)13-19-9-6-10-20(26)11-19/h5-12H,13-14H2,1-4H3,(H,28,31). The molecule has 2 aromatic carbocycles. The molecule has 0 bridgehead atoms. The average molecular weight is 449 g/mol. The molecular formula is C25H25ClN4O2. The summed E-state index contributed by atoms with van der Waals surface area (Å²) in [6, 6.07) is 13.5. The van der Waals surface area contributed by atoms with Gasteiger partial charge in [-0.1, -0.05) is 41.9 Å². The van der Waals surface area contributed by atoms with Gasteiger partial charge in [0.25, 0.3) is 5.56 Å². The van der Waals surface area contributed by atoms with Crippen molar-refractivity contribution in [3.8, 4) is 0 Å². The van der Waals surface area contributed by atoms with Crippen molar-refractivity contribution in [1.82, 2.24) is 14.3 Å².